The minimum atomic E-state index is 0.116. The van der Waals surface area contributed by atoms with Crippen LogP contribution in [0.5, 0.6) is 0 Å². The summed E-state index contributed by atoms with van der Waals surface area (Å²) >= 11 is 0. The fourth-order valence-electron chi connectivity index (χ4n) is 3.14. The van der Waals surface area contributed by atoms with E-state index in [0.717, 1.165) is 12.5 Å². The summed E-state index contributed by atoms with van der Waals surface area (Å²) in [5.74, 6) is 0.906. The second-order valence-corrected chi connectivity index (χ2v) is 6.36. The Hall–Kier alpha value is -0.0800. The Labute approximate surface area is 93.8 Å². The summed E-state index contributed by atoms with van der Waals surface area (Å²) in [6, 6.07) is 0.621. The maximum Gasteiger partial charge on any atom is 0.0631 e. The molecule has 1 saturated carbocycles. The van der Waals surface area contributed by atoms with E-state index in [0.29, 0.717) is 11.5 Å². The summed E-state index contributed by atoms with van der Waals surface area (Å²) in [7, 11) is 0. The van der Waals surface area contributed by atoms with Gasteiger partial charge in [0.25, 0.3) is 0 Å². The SMILES string of the molecule is CC(C)NCC1CC12CCOC(C)(C)C2. The van der Waals surface area contributed by atoms with Gasteiger partial charge in [0.05, 0.1) is 5.60 Å². The molecule has 2 unspecified atom stereocenters. The van der Waals surface area contributed by atoms with Gasteiger partial charge in [-0.2, -0.15) is 0 Å². The van der Waals surface area contributed by atoms with Gasteiger partial charge >= 0.3 is 0 Å². The smallest absolute Gasteiger partial charge is 0.0631 e. The maximum absolute atomic E-state index is 5.79. The molecule has 88 valence electrons. The van der Waals surface area contributed by atoms with Crippen LogP contribution in [0.25, 0.3) is 0 Å². The number of rotatable bonds is 3. The standard InChI is InChI=1S/C13H25NO/c1-10(2)14-8-11-7-13(11)5-6-15-12(3,4)9-13/h10-11,14H,5-9H2,1-4H3. The average Bonchev–Trinajstić information content (AvgIpc) is 2.72. The zero-order valence-electron chi connectivity index (χ0n) is 10.6. The van der Waals surface area contributed by atoms with Crippen LogP contribution in [0.1, 0.15) is 47.0 Å². The molecule has 0 amide bonds. The predicted octanol–water partition coefficient (Wildman–Crippen LogP) is 2.58. The van der Waals surface area contributed by atoms with Gasteiger partial charge in [0.1, 0.15) is 0 Å². The van der Waals surface area contributed by atoms with E-state index in [2.05, 4.69) is 33.0 Å². The Bertz CT molecular complexity index is 237. The molecule has 2 heteroatoms. The zero-order chi connectivity index (χ0) is 11.1. The molecular formula is C13H25NO. The lowest BCUT2D eigenvalue weighted by atomic mass is 9.84. The molecule has 1 heterocycles. The minimum absolute atomic E-state index is 0.116. The molecular weight excluding hydrogens is 186 g/mol. The highest BCUT2D eigenvalue weighted by Gasteiger charge is 2.57. The molecule has 15 heavy (non-hydrogen) atoms. The van der Waals surface area contributed by atoms with E-state index in [1.807, 2.05) is 0 Å². The van der Waals surface area contributed by atoms with Crippen LogP contribution >= 0.6 is 0 Å². The van der Waals surface area contributed by atoms with Crippen LogP contribution in [-0.2, 0) is 4.74 Å². The van der Waals surface area contributed by atoms with Crippen molar-refractivity contribution in [2.45, 2.75) is 58.6 Å². The van der Waals surface area contributed by atoms with E-state index in [1.54, 1.807) is 0 Å². The van der Waals surface area contributed by atoms with Crippen molar-refractivity contribution >= 4 is 0 Å². The van der Waals surface area contributed by atoms with Crippen LogP contribution in [0.2, 0.25) is 0 Å². The first-order valence-corrected chi connectivity index (χ1v) is 6.31. The molecule has 1 aliphatic heterocycles. The summed E-state index contributed by atoms with van der Waals surface area (Å²) in [4.78, 5) is 0. The number of ether oxygens (including phenoxy) is 1. The van der Waals surface area contributed by atoms with Crippen LogP contribution in [0.4, 0.5) is 0 Å². The Morgan fingerprint density at radius 3 is 2.73 bits per heavy atom. The van der Waals surface area contributed by atoms with Crippen molar-refractivity contribution in [3.8, 4) is 0 Å². The molecule has 0 aromatic carbocycles. The summed E-state index contributed by atoms with van der Waals surface area (Å²) in [5.41, 5.74) is 0.745. The van der Waals surface area contributed by atoms with Gasteiger partial charge in [0.15, 0.2) is 0 Å². The molecule has 0 bridgehead atoms. The first-order valence-electron chi connectivity index (χ1n) is 6.31. The maximum atomic E-state index is 5.79. The van der Waals surface area contributed by atoms with Crippen molar-refractivity contribution in [2.75, 3.05) is 13.2 Å². The lowest BCUT2D eigenvalue weighted by Crippen LogP contribution is -2.37. The zero-order valence-corrected chi connectivity index (χ0v) is 10.6. The molecule has 2 rings (SSSR count). The van der Waals surface area contributed by atoms with E-state index in [1.165, 1.54) is 25.8 Å². The average molecular weight is 211 g/mol. The topological polar surface area (TPSA) is 21.3 Å². The van der Waals surface area contributed by atoms with Crippen molar-refractivity contribution in [3.05, 3.63) is 0 Å². The molecule has 1 saturated heterocycles. The first-order chi connectivity index (χ1) is 6.94. The van der Waals surface area contributed by atoms with Crippen molar-refractivity contribution in [3.63, 3.8) is 0 Å². The molecule has 1 N–H and O–H groups in total. The van der Waals surface area contributed by atoms with Crippen LogP contribution in [0, 0.1) is 11.3 Å². The van der Waals surface area contributed by atoms with Gasteiger partial charge in [-0.25, -0.2) is 0 Å². The van der Waals surface area contributed by atoms with Crippen LogP contribution < -0.4 is 5.32 Å². The van der Waals surface area contributed by atoms with Gasteiger partial charge in [-0.05, 0) is 51.0 Å². The van der Waals surface area contributed by atoms with E-state index < -0.39 is 0 Å². The molecule has 1 aliphatic carbocycles. The highest BCUT2D eigenvalue weighted by atomic mass is 16.5. The third-order valence-electron chi connectivity index (χ3n) is 4.00. The van der Waals surface area contributed by atoms with E-state index in [9.17, 15) is 0 Å². The fraction of sp³-hybridized carbons (Fsp3) is 1.00. The molecule has 0 aromatic rings. The second kappa shape index (κ2) is 3.74. The normalized spacial score (nSPS) is 38.6. The highest BCUT2D eigenvalue weighted by molar-refractivity contribution is 5.07. The molecule has 2 atom stereocenters. The third kappa shape index (κ3) is 2.54. The van der Waals surface area contributed by atoms with Gasteiger partial charge in [-0.1, -0.05) is 13.8 Å². The fourth-order valence-corrected chi connectivity index (χ4v) is 3.14. The monoisotopic (exact) mass is 211 g/mol. The number of hydrogen-bond donors (Lipinski definition) is 1. The Balaban J connectivity index is 1.84. The van der Waals surface area contributed by atoms with Gasteiger partial charge in [-0.3, -0.25) is 0 Å². The van der Waals surface area contributed by atoms with Crippen molar-refractivity contribution in [1.29, 1.82) is 0 Å². The van der Waals surface area contributed by atoms with Gasteiger partial charge < -0.3 is 10.1 Å². The summed E-state index contributed by atoms with van der Waals surface area (Å²) < 4.78 is 5.79. The van der Waals surface area contributed by atoms with Crippen molar-refractivity contribution in [1.82, 2.24) is 5.32 Å². The minimum Gasteiger partial charge on any atom is -0.376 e. The summed E-state index contributed by atoms with van der Waals surface area (Å²) in [6.45, 7) is 11.1. The highest BCUT2D eigenvalue weighted by Crippen LogP contribution is 2.61. The third-order valence-corrected chi connectivity index (χ3v) is 4.00. The molecule has 0 radical (unpaired) electrons. The van der Waals surface area contributed by atoms with Crippen LogP contribution in [0.3, 0.4) is 0 Å². The lowest BCUT2D eigenvalue weighted by Gasteiger charge is -2.36. The van der Waals surface area contributed by atoms with Crippen LogP contribution in [-0.4, -0.2) is 24.8 Å². The Morgan fingerprint density at radius 1 is 1.40 bits per heavy atom. The first kappa shape index (κ1) is 11.4. The Kier molecular flexibility index (Phi) is 2.85. The molecule has 2 fully saturated rings. The largest absolute Gasteiger partial charge is 0.376 e. The van der Waals surface area contributed by atoms with Crippen LogP contribution in [0.15, 0.2) is 0 Å². The number of nitrogens with one attached hydrogen (secondary N) is 1. The molecule has 2 nitrogen and oxygen atoms in total. The lowest BCUT2D eigenvalue weighted by molar-refractivity contribution is -0.0821. The van der Waals surface area contributed by atoms with Gasteiger partial charge in [-0.15, -0.1) is 0 Å². The van der Waals surface area contributed by atoms with E-state index in [4.69, 9.17) is 4.74 Å². The van der Waals surface area contributed by atoms with E-state index >= 15 is 0 Å². The predicted molar refractivity (Wildman–Crippen MR) is 62.9 cm³/mol. The molecule has 1 spiro atoms. The summed E-state index contributed by atoms with van der Waals surface area (Å²) in [6.07, 6.45) is 3.95. The Morgan fingerprint density at radius 2 is 2.13 bits per heavy atom. The quantitative estimate of drug-likeness (QED) is 0.774. The van der Waals surface area contributed by atoms with Gasteiger partial charge in [0.2, 0.25) is 0 Å². The molecule has 2 aliphatic rings. The summed E-state index contributed by atoms with van der Waals surface area (Å²) in [5, 5.41) is 3.57. The van der Waals surface area contributed by atoms with Gasteiger partial charge in [0, 0.05) is 12.6 Å². The van der Waals surface area contributed by atoms with Crippen molar-refractivity contribution < 1.29 is 4.74 Å². The number of hydrogen-bond acceptors (Lipinski definition) is 2. The molecule has 0 aromatic heterocycles. The second-order valence-electron chi connectivity index (χ2n) is 6.36. The van der Waals surface area contributed by atoms with E-state index in [-0.39, 0.29) is 5.60 Å². The van der Waals surface area contributed by atoms with Crippen molar-refractivity contribution in [2.24, 2.45) is 11.3 Å².